The van der Waals surface area contributed by atoms with Crippen molar-refractivity contribution in [3.63, 3.8) is 0 Å². The molecule has 0 aromatic heterocycles. The number of ether oxygens (including phenoxy) is 1. The van der Waals surface area contributed by atoms with E-state index in [9.17, 15) is 22.4 Å². The lowest BCUT2D eigenvalue weighted by atomic mass is 10.1. The highest BCUT2D eigenvalue weighted by atomic mass is 32.2. The number of hydrogen-bond donors (Lipinski definition) is 1. The Bertz CT molecular complexity index is 1330. The predicted octanol–water partition coefficient (Wildman–Crippen LogP) is 4.02. The second-order valence-electron chi connectivity index (χ2n) is 8.79. The molecule has 10 heteroatoms. The van der Waals surface area contributed by atoms with E-state index in [1.165, 1.54) is 41.3 Å². The first kappa shape index (κ1) is 29.6. The molecule has 0 fully saturated rings. The van der Waals surface area contributed by atoms with Gasteiger partial charge in [-0.2, -0.15) is 0 Å². The highest BCUT2D eigenvalue weighted by Gasteiger charge is 2.32. The van der Waals surface area contributed by atoms with Gasteiger partial charge in [-0.3, -0.25) is 13.9 Å². The fraction of sp³-hybridized carbons (Fsp3) is 0.310. The fourth-order valence-corrected chi connectivity index (χ4v) is 5.44. The Labute approximate surface area is 229 Å². The van der Waals surface area contributed by atoms with Gasteiger partial charge in [-0.25, -0.2) is 12.8 Å². The molecule has 0 saturated heterocycles. The lowest BCUT2D eigenvalue weighted by Gasteiger charge is -2.32. The molecule has 3 aromatic rings. The van der Waals surface area contributed by atoms with E-state index >= 15 is 0 Å². The summed E-state index contributed by atoms with van der Waals surface area (Å²) in [5.41, 5.74) is 1.09. The van der Waals surface area contributed by atoms with E-state index in [2.05, 4.69) is 5.32 Å². The summed E-state index contributed by atoms with van der Waals surface area (Å²) >= 11 is 0. The molecule has 0 bridgehead atoms. The molecule has 0 heterocycles. The molecule has 3 rings (SSSR count). The second kappa shape index (κ2) is 13.7. The van der Waals surface area contributed by atoms with Crippen molar-refractivity contribution in [3.05, 3.63) is 90.2 Å². The lowest BCUT2D eigenvalue weighted by molar-refractivity contribution is -0.138. The molecule has 2 amide bonds. The van der Waals surface area contributed by atoms with Gasteiger partial charge in [0.15, 0.2) is 0 Å². The molecule has 8 nitrogen and oxygen atoms in total. The second-order valence-corrected chi connectivity index (χ2v) is 10.6. The third kappa shape index (κ3) is 7.79. The Balaban J connectivity index is 1.96. The number of nitrogens with zero attached hydrogens (tertiary/aromatic N) is 2. The first-order valence-electron chi connectivity index (χ1n) is 12.8. The maximum atomic E-state index is 13.8. The number of rotatable bonds is 13. The van der Waals surface area contributed by atoms with E-state index in [0.29, 0.717) is 25.3 Å². The number of likely N-dealkylation sites (N-methyl/N-ethyl adjacent to an activating group) is 1. The van der Waals surface area contributed by atoms with Gasteiger partial charge in [0.05, 0.1) is 17.2 Å². The summed E-state index contributed by atoms with van der Waals surface area (Å²) in [6.07, 6.45) is 0.471. The van der Waals surface area contributed by atoms with Crippen LogP contribution >= 0.6 is 0 Å². The van der Waals surface area contributed by atoms with E-state index in [4.69, 9.17) is 4.74 Å². The number of anilines is 1. The summed E-state index contributed by atoms with van der Waals surface area (Å²) < 4.78 is 47.6. The number of hydrogen-bond acceptors (Lipinski definition) is 5. The third-order valence-electron chi connectivity index (χ3n) is 6.12. The molecular formula is C29H34FN3O5S. The summed E-state index contributed by atoms with van der Waals surface area (Å²) in [6, 6.07) is 19.4. The van der Waals surface area contributed by atoms with E-state index < -0.39 is 34.3 Å². The maximum absolute atomic E-state index is 13.8. The molecule has 0 saturated carbocycles. The van der Waals surface area contributed by atoms with E-state index in [0.717, 1.165) is 22.0 Å². The van der Waals surface area contributed by atoms with Crippen LogP contribution in [0.3, 0.4) is 0 Å². The lowest BCUT2D eigenvalue weighted by Crippen LogP contribution is -2.52. The van der Waals surface area contributed by atoms with E-state index in [1.807, 2.05) is 37.3 Å². The van der Waals surface area contributed by atoms with Crippen molar-refractivity contribution in [2.75, 3.05) is 30.5 Å². The first-order valence-corrected chi connectivity index (χ1v) is 14.2. The van der Waals surface area contributed by atoms with Crippen LogP contribution in [0.2, 0.25) is 0 Å². The molecule has 0 unspecified atom stereocenters. The summed E-state index contributed by atoms with van der Waals surface area (Å²) in [5, 5.41) is 2.72. The van der Waals surface area contributed by atoms with Gasteiger partial charge in [0.2, 0.25) is 11.8 Å². The SMILES string of the molecule is CCNC(=O)[C@@H](C)N(CCc1ccccc1)C(=O)CN(c1ccc(F)cc1)S(=O)(=O)c1ccc(OCC)cc1. The Morgan fingerprint density at radius 1 is 0.949 bits per heavy atom. The van der Waals surface area contributed by atoms with Crippen molar-refractivity contribution in [2.45, 2.75) is 38.1 Å². The number of carbonyl (C=O) groups excluding carboxylic acids is 2. The van der Waals surface area contributed by atoms with Crippen LogP contribution in [0.25, 0.3) is 0 Å². The van der Waals surface area contributed by atoms with Crippen LogP contribution < -0.4 is 14.4 Å². The Kier molecular flexibility index (Phi) is 10.4. The molecule has 0 aliphatic rings. The van der Waals surface area contributed by atoms with Gasteiger partial charge in [-0.05, 0) is 81.3 Å². The zero-order valence-corrected chi connectivity index (χ0v) is 23.2. The molecule has 3 aromatic carbocycles. The van der Waals surface area contributed by atoms with Crippen molar-refractivity contribution >= 4 is 27.5 Å². The van der Waals surface area contributed by atoms with Crippen LogP contribution in [0.1, 0.15) is 26.3 Å². The molecule has 0 aliphatic heterocycles. The van der Waals surface area contributed by atoms with E-state index in [-0.39, 0.29) is 23.0 Å². The highest BCUT2D eigenvalue weighted by molar-refractivity contribution is 7.92. The summed E-state index contributed by atoms with van der Waals surface area (Å²) in [7, 11) is -4.24. The van der Waals surface area contributed by atoms with Crippen LogP contribution in [0.5, 0.6) is 5.75 Å². The topological polar surface area (TPSA) is 96.0 Å². The largest absolute Gasteiger partial charge is 0.494 e. The zero-order valence-electron chi connectivity index (χ0n) is 22.3. The van der Waals surface area contributed by atoms with Gasteiger partial charge in [0.25, 0.3) is 10.0 Å². The minimum absolute atomic E-state index is 0.0595. The van der Waals surface area contributed by atoms with Gasteiger partial charge in [-0.1, -0.05) is 30.3 Å². The average Bonchev–Trinajstić information content (AvgIpc) is 2.93. The Morgan fingerprint density at radius 3 is 2.18 bits per heavy atom. The van der Waals surface area contributed by atoms with Crippen LogP contribution in [0.15, 0.2) is 83.8 Å². The summed E-state index contributed by atoms with van der Waals surface area (Å²) in [6.45, 7) is 5.62. The number of nitrogens with one attached hydrogen (secondary N) is 1. The minimum atomic E-state index is -4.24. The quantitative estimate of drug-likeness (QED) is 0.344. The number of halogens is 1. The molecule has 1 N–H and O–H groups in total. The predicted molar refractivity (Wildman–Crippen MR) is 149 cm³/mol. The summed E-state index contributed by atoms with van der Waals surface area (Å²) in [4.78, 5) is 27.8. The molecule has 1 atom stereocenters. The van der Waals surface area contributed by atoms with Crippen molar-refractivity contribution in [2.24, 2.45) is 0 Å². The molecule has 0 radical (unpaired) electrons. The number of sulfonamides is 1. The molecule has 39 heavy (non-hydrogen) atoms. The monoisotopic (exact) mass is 555 g/mol. The number of carbonyl (C=O) groups is 2. The number of benzene rings is 3. The van der Waals surface area contributed by atoms with Crippen molar-refractivity contribution in [3.8, 4) is 5.75 Å². The number of amides is 2. The average molecular weight is 556 g/mol. The summed E-state index contributed by atoms with van der Waals surface area (Å²) in [5.74, 6) is -0.952. The molecule has 0 aliphatic carbocycles. The Morgan fingerprint density at radius 2 is 1.59 bits per heavy atom. The van der Waals surface area contributed by atoms with Crippen LogP contribution in [-0.4, -0.2) is 57.4 Å². The van der Waals surface area contributed by atoms with Gasteiger partial charge < -0.3 is 15.0 Å². The van der Waals surface area contributed by atoms with Crippen molar-refractivity contribution in [1.29, 1.82) is 0 Å². The van der Waals surface area contributed by atoms with Crippen LogP contribution in [0, 0.1) is 5.82 Å². The zero-order chi connectivity index (χ0) is 28.4. The smallest absolute Gasteiger partial charge is 0.264 e. The minimum Gasteiger partial charge on any atom is -0.494 e. The van der Waals surface area contributed by atoms with E-state index in [1.54, 1.807) is 13.8 Å². The molecule has 0 spiro atoms. The first-order chi connectivity index (χ1) is 18.7. The molecule has 208 valence electrons. The highest BCUT2D eigenvalue weighted by Crippen LogP contribution is 2.26. The maximum Gasteiger partial charge on any atom is 0.264 e. The van der Waals surface area contributed by atoms with Gasteiger partial charge in [0.1, 0.15) is 24.2 Å². The van der Waals surface area contributed by atoms with Crippen molar-refractivity contribution < 1.29 is 27.1 Å². The van der Waals surface area contributed by atoms with Crippen molar-refractivity contribution in [1.82, 2.24) is 10.2 Å². The Hall–Kier alpha value is -3.92. The molecular weight excluding hydrogens is 521 g/mol. The standard InChI is InChI=1S/C29H34FN3O5S/c1-4-31-29(35)22(3)32(20-19-23-9-7-6-8-10-23)28(34)21-33(25-13-11-24(30)12-14-25)39(36,37)27-17-15-26(16-18-27)38-5-2/h6-18,22H,4-5,19-21H2,1-3H3,(H,31,35)/t22-/m1/s1. The van der Waals surface area contributed by atoms with Gasteiger partial charge in [-0.15, -0.1) is 0 Å². The fourth-order valence-electron chi connectivity index (χ4n) is 4.03. The van der Waals surface area contributed by atoms with Crippen LogP contribution in [-0.2, 0) is 26.0 Å². The van der Waals surface area contributed by atoms with Crippen LogP contribution in [0.4, 0.5) is 10.1 Å². The third-order valence-corrected chi connectivity index (χ3v) is 7.91. The van der Waals surface area contributed by atoms with Gasteiger partial charge in [0, 0.05) is 13.1 Å². The van der Waals surface area contributed by atoms with Gasteiger partial charge >= 0.3 is 0 Å². The normalized spacial score (nSPS) is 11.9.